The van der Waals surface area contributed by atoms with Crippen LogP contribution in [0, 0.1) is 0 Å². The first kappa shape index (κ1) is 16.7. The average Bonchev–Trinajstić information content (AvgIpc) is 2.34. The molecule has 0 saturated carbocycles. The molecular formula is C13H25ClO3. The summed E-state index contributed by atoms with van der Waals surface area (Å²) in [5.74, 6) is -0.325. The average molecular weight is 265 g/mol. The van der Waals surface area contributed by atoms with Gasteiger partial charge in [-0.25, -0.2) is 4.79 Å². The second-order valence-corrected chi connectivity index (χ2v) is 4.48. The number of carbonyl (C=O) groups is 1. The van der Waals surface area contributed by atoms with Crippen LogP contribution < -0.4 is 0 Å². The molecular weight excluding hydrogens is 240 g/mol. The highest BCUT2D eigenvalue weighted by atomic mass is 35.5. The van der Waals surface area contributed by atoms with E-state index in [1.165, 1.54) is 44.9 Å². The minimum atomic E-state index is -0.325. The van der Waals surface area contributed by atoms with Gasteiger partial charge in [0.15, 0.2) is 6.07 Å². The van der Waals surface area contributed by atoms with E-state index in [1.807, 2.05) is 0 Å². The number of halogens is 1. The summed E-state index contributed by atoms with van der Waals surface area (Å²) in [7, 11) is 0. The molecule has 0 unspecified atom stereocenters. The van der Waals surface area contributed by atoms with Gasteiger partial charge >= 0.3 is 5.97 Å². The van der Waals surface area contributed by atoms with E-state index in [-0.39, 0.29) is 12.0 Å². The summed E-state index contributed by atoms with van der Waals surface area (Å²) in [4.78, 5) is 19.7. The zero-order chi connectivity index (χ0) is 12.8. The third-order valence-electron chi connectivity index (χ3n) is 2.68. The van der Waals surface area contributed by atoms with Gasteiger partial charge in [0.05, 0.1) is 0 Å². The third kappa shape index (κ3) is 13.7. The Morgan fingerprint density at radius 3 is 2.00 bits per heavy atom. The Morgan fingerprint density at radius 2 is 1.47 bits per heavy atom. The molecule has 0 bridgehead atoms. The Hall–Kier alpha value is -0.280. The lowest BCUT2D eigenvalue weighted by Gasteiger charge is -2.02. The van der Waals surface area contributed by atoms with Gasteiger partial charge in [-0.15, -0.1) is 0 Å². The molecule has 0 heterocycles. The predicted molar refractivity (Wildman–Crippen MR) is 69.7 cm³/mol. The van der Waals surface area contributed by atoms with E-state index in [9.17, 15) is 4.79 Å². The monoisotopic (exact) mass is 264 g/mol. The number of hydrogen-bond donors (Lipinski definition) is 0. The maximum Gasteiger partial charge on any atom is 0.342 e. The SMILES string of the molecule is CCCCCCCCCCCC(=O)OOCCl. The molecule has 0 N–H and O–H groups in total. The van der Waals surface area contributed by atoms with Gasteiger partial charge in [-0.3, -0.25) is 4.89 Å². The van der Waals surface area contributed by atoms with Gasteiger partial charge < -0.3 is 0 Å². The van der Waals surface area contributed by atoms with Gasteiger partial charge in [-0.1, -0.05) is 69.9 Å². The van der Waals surface area contributed by atoms with Crippen molar-refractivity contribution in [2.75, 3.05) is 6.07 Å². The molecule has 0 rings (SSSR count). The standard InChI is InChI=1S/C13H25ClO3/c1-2-3-4-5-6-7-8-9-10-11-13(15)17-16-12-14/h2-12H2,1H3. The second kappa shape index (κ2) is 13.8. The molecule has 0 aliphatic carbocycles. The molecule has 0 radical (unpaired) electrons. The zero-order valence-corrected chi connectivity index (χ0v) is 11.6. The molecule has 4 heteroatoms. The fraction of sp³-hybridized carbons (Fsp3) is 0.923. The maximum absolute atomic E-state index is 11.0. The molecule has 0 aromatic rings. The molecule has 0 amide bonds. The van der Waals surface area contributed by atoms with Crippen LogP contribution in [0.1, 0.15) is 71.1 Å². The van der Waals surface area contributed by atoms with Crippen LogP contribution in [0.4, 0.5) is 0 Å². The summed E-state index contributed by atoms with van der Waals surface area (Å²) in [5, 5.41) is 0. The summed E-state index contributed by atoms with van der Waals surface area (Å²) in [6.07, 6.45) is 11.5. The van der Waals surface area contributed by atoms with Crippen LogP contribution in [-0.2, 0) is 14.6 Å². The van der Waals surface area contributed by atoms with E-state index in [0.29, 0.717) is 6.42 Å². The van der Waals surface area contributed by atoms with Crippen molar-refractivity contribution in [3.05, 3.63) is 0 Å². The Morgan fingerprint density at radius 1 is 0.941 bits per heavy atom. The van der Waals surface area contributed by atoms with Crippen molar-refractivity contribution in [2.45, 2.75) is 71.1 Å². The van der Waals surface area contributed by atoms with Crippen molar-refractivity contribution in [3.63, 3.8) is 0 Å². The number of rotatable bonds is 12. The molecule has 102 valence electrons. The van der Waals surface area contributed by atoms with Crippen molar-refractivity contribution in [1.29, 1.82) is 0 Å². The molecule has 0 atom stereocenters. The predicted octanol–water partition coefficient (Wildman–Crippen LogP) is 4.58. The van der Waals surface area contributed by atoms with Crippen LogP contribution in [-0.4, -0.2) is 12.0 Å². The summed E-state index contributed by atoms with van der Waals surface area (Å²) in [6, 6.07) is -0.108. The van der Waals surface area contributed by atoms with Crippen molar-refractivity contribution in [3.8, 4) is 0 Å². The van der Waals surface area contributed by atoms with Gasteiger partial charge in [-0.05, 0) is 6.42 Å². The fourth-order valence-corrected chi connectivity index (χ4v) is 1.75. The summed E-state index contributed by atoms with van der Waals surface area (Å²) < 4.78 is 0. The van der Waals surface area contributed by atoms with Crippen molar-refractivity contribution in [1.82, 2.24) is 0 Å². The number of alkyl halides is 1. The van der Waals surface area contributed by atoms with Crippen molar-refractivity contribution in [2.24, 2.45) is 0 Å². The van der Waals surface area contributed by atoms with Crippen LogP contribution >= 0.6 is 11.6 Å². The van der Waals surface area contributed by atoms with Gasteiger partial charge in [0.1, 0.15) is 0 Å². The highest BCUT2D eigenvalue weighted by molar-refractivity contribution is 6.17. The van der Waals surface area contributed by atoms with Crippen LogP contribution in [0.3, 0.4) is 0 Å². The van der Waals surface area contributed by atoms with Gasteiger partial charge in [0.2, 0.25) is 0 Å². The lowest BCUT2D eigenvalue weighted by molar-refractivity contribution is -0.261. The fourth-order valence-electron chi connectivity index (χ4n) is 1.71. The molecule has 0 fully saturated rings. The molecule has 3 nitrogen and oxygen atoms in total. The highest BCUT2D eigenvalue weighted by Gasteiger charge is 2.02. The van der Waals surface area contributed by atoms with Crippen molar-refractivity contribution >= 4 is 17.6 Å². The quantitative estimate of drug-likeness (QED) is 0.224. The minimum Gasteiger partial charge on any atom is -0.297 e. The van der Waals surface area contributed by atoms with Crippen LogP contribution in [0.25, 0.3) is 0 Å². The first-order valence-electron chi connectivity index (χ1n) is 6.69. The van der Waals surface area contributed by atoms with E-state index in [4.69, 9.17) is 11.6 Å². The maximum atomic E-state index is 11.0. The first-order chi connectivity index (χ1) is 8.31. The molecule has 0 aliphatic rings. The molecule has 0 saturated heterocycles. The lowest BCUT2D eigenvalue weighted by atomic mass is 10.1. The molecule has 17 heavy (non-hydrogen) atoms. The highest BCUT2D eigenvalue weighted by Crippen LogP contribution is 2.10. The summed E-state index contributed by atoms with van der Waals surface area (Å²) in [6.45, 7) is 2.23. The topological polar surface area (TPSA) is 35.5 Å². The van der Waals surface area contributed by atoms with Crippen LogP contribution in [0.15, 0.2) is 0 Å². The number of hydrogen-bond acceptors (Lipinski definition) is 3. The summed E-state index contributed by atoms with van der Waals surface area (Å²) in [5.41, 5.74) is 0. The van der Waals surface area contributed by atoms with Crippen LogP contribution in [0.2, 0.25) is 0 Å². The number of carbonyl (C=O) groups excluding carboxylic acids is 1. The Labute approximate surface area is 110 Å². The van der Waals surface area contributed by atoms with E-state index < -0.39 is 0 Å². The third-order valence-corrected chi connectivity index (χ3v) is 2.77. The van der Waals surface area contributed by atoms with Gasteiger partial charge in [-0.2, -0.15) is 4.89 Å². The Balaban J connectivity index is 3.05. The Kier molecular flexibility index (Phi) is 13.6. The largest absolute Gasteiger partial charge is 0.342 e. The first-order valence-corrected chi connectivity index (χ1v) is 7.23. The Bertz CT molecular complexity index is 174. The molecule has 0 aliphatic heterocycles. The van der Waals surface area contributed by atoms with Gasteiger partial charge in [0, 0.05) is 6.42 Å². The van der Waals surface area contributed by atoms with Crippen LogP contribution in [0.5, 0.6) is 0 Å². The van der Waals surface area contributed by atoms with Gasteiger partial charge in [0.25, 0.3) is 0 Å². The summed E-state index contributed by atoms with van der Waals surface area (Å²) >= 11 is 5.20. The lowest BCUT2D eigenvalue weighted by Crippen LogP contribution is -2.04. The normalized spacial score (nSPS) is 10.5. The van der Waals surface area contributed by atoms with E-state index >= 15 is 0 Å². The van der Waals surface area contributed by atoms with E-state index in [1.54, 1.807) is 0 Å². The van der Waals surface area contributed by atoms with Crippen molar-refractivity contribution < 1.29 is 14.6 Å². The zero-order valence-electron chi connectivity index (χ0n) is 10.9. The molecule has 0 aromatic carbocycles. The van der Waals surface area contributed by atoms with E-state index in [2.05, 4.69) is 16.7 Å². The smallest absolute Gasteiger partial charge is 0.297 e. The second-order valence-electron chi connectivity index (χ2n) is 4.26. The van der Waals surface area contributed by atoms with E-state index in [0.717, 1.165) is 12.8 Å². The number of unbranched alkanes of at least 4 members (excludes halogenated alkanes) is 8. The molecule has 0 aromatic heterocycles. The molecule has 0 spiro atoms. The minimum absolute atomic E-state index is 0.108.